The molecule has 1 aliphatic carbocycles. The minimum absolute atomic E-state index is 0.00318. The molecule has 1 atom stereocenters. The zero-order valence-electron chi connectivity index (χ0n) is 20.5. The van der Waals surface area contributed by atoms with Crippen molar-refractivity contribution in [2.75, 3.05) is 39.4 Å². The Balaban J connectivity index is 1.12. The van der Waals surface area contributed by atoms with Crippen LogP contribution in [-0.4, -0.2) is 50.2 Å². The van der Waals surface area contributed by atoms with Gasteiger partial charge in [-0.15, -0.1) is 0 Å². The van der Waals surface area contributed by atoms with Gasteiger partial charge < -0.3 is 10.1 Å². The van der Waals surface area contributed by atoms with E-state index in [0.29, 0.717) is 0 Å². The van der Waals surface area contributed by atoms with E-state index in [1.165, 1.54) is 16.7 Å². The fourth-order valence-corrected chi connectivity index (χ4v) is 6.16. The highest BCUT2D eigenvalue weighted by Gasteiger charge is 2.58. The molecule has 0 radical (unpaired) electrons. The first-order chi connectivity index (χ1) is 16.6. The van der Waals surface area contributed by atoms with E-state index in [1.807, 2.05) is 0 Å². The highest BCUT2D eigenvalue weighted by Crippen LogP contribution is 2.59. The van der Waals surface area contributed by atoms with E-state index in [2.05, 4.69) is 83.9 Å². The molecule has 2 saturated heterocycles. The van der Waals surface area contributed by atoms with Gasteiger partial charge in [0, 0.05) is 37.6 Å². The maximum Gasteiger partial charge on any atom is 0.223 e. The first-order valence-electron chi connectivity index (χ1n) is 12.9. The van der Waals surface area contributed by atoms with Gasteiger partial charge in [-0.3, -0.25) is 9.69 Å². The van der Waals surface area contributed by atoms with Crippen LogP contribution in [0.5, 0.6) is 0 Å². The van der Waals surface area contributed by atoms with E-state index in [-0.39, 0.29) is 22.7 Å². The zero-order valence-corrected chi connectivity index (χ0v) is 20.5. The number of likely N-dealkylation sites (tertiary alicyclic amines) is 1. The van der Waals surface area contributed by atoms with Crippen LogP contribution in [0.2, 0.25) is 0 Å². The van der Waals surface area contributed by atoms with Crippen LogP contribution in [0.1, 0.15) is 50.2 Å². The lowest BCUT2D eigenvalue weighted by molar-refractivity contribution is -0.123. The molecule has 2 aliphatic heterocycles. The van der Waals surface area contributed by atoms with Crippen molar-refractivity contribution >= 4 is 12.0 Å². The third-order valence-electron chi connectivity index (χ3n) is 8.48. The molecule has 1 amide bonds. The summed E-state index contributed by atoms with van der Waals surface area (Å²) in [6.07, 6.45) is 7.57. The Bertz CT molecular complexity index is 987. The molecule has 0 unspecified atom stereocenters. The average molecular weight is 459 g/mol. The quantitative estimate of drug-likeness (QED) is 0.631. The number of nitrogens with one attached hydrogen (secondary N) is 1. The predicted octanol–water partition coefficient (Wildman–Crippen LogP) is 5.06. The summed E-state index contributed by atoms with van der Waals surface area (Å²) in [6.45, 7) is 7.69. The summed E-state index contributed by atoms with van der Waals surface area (Å²) in [7, 11) is 0. The van der Waals surface area contributed by atoms with Crippen LogP contribution in [0.15, 0.2) is 66.2 Å². The molecule has 2 aromatic carbocycles. The van der Waals surface area contributed by atoms with Crippen molar-refractivity contribution in [2.45, 2.75) is 44.4 Å². The second-order valence-electron chi connectivity index (χ2n) is 10.8. The van der Waals surface area contributed by atoms with Gasteiger partial charge in [0.05, 0.1) is 0 Å². The van der Waals surface area contributed by atoms with E-state index in [9.17, 15) is 4.79 Å². The fraction of sp³-hybridized carbons (Fsp3) is 0.500. The minimum atomic E-state index is 0.00318. The van der Waals surface area contributed by atoms with Crippen LogP contribution in [0.25, 0.3) is 6.08 Å². The van der Waals surface area contributed by atoms with Gasteiger partial charge in [0.25, 0.3) is 0 Å². The molecule has 1 saturated carbocycles. The lowest BCUT2D eigenvalue weighted by Crippen LogP contribution is -2.45. The van der Waals surface area contributed by atoms with Gasteiger partial charge in [-0.05, 0) is 68.7 Å². The molecule has 0 bridgehead atoms. The van der Waals surface area contributed by atoms with Crippen LogP contribution in [0.3, 0.4) is 0 Å². The summed E-state index contributed by atoms with van der Waals surface area (Å²) in [4.78, 5) is 15.7. The summed E-state index contributed by atoms with van der Waals surface area (Å²) in [5, 5.41) is 3.38. The van der Waals surface area contributed by atoms with Crippen molar-refractivity contribution in [3.05, 3.63) is 77.4 Å². The van der Waals surface area contributed by atoms with Crippen molar-refractivity contribution < 1.29 is 9.53 Å². The average Bonchev–Trinajstić information content (AvgIpc) is 3.59. The molecule has 3 fully saturated rings. The van der Waals surface area contributed by atoms with Gasteiger partial charge in [0.1, 0.15) is 0 Å². The van der Waals surface area contributed by atoms with E-state index >= 15 is 0 Å². The summed E-state index contributed by atoms with van der Waals surface area (Å²) < 4.78 is 5.65. The number of carbonyl (C=O) groups excluding carboxylic acids is 1. The Morgan fingerprint density at radius 1 is 1.00 bits per heavy atom. The SMILES string of the molecule is C/C(=C\c1ccccc1)CN1CCC2(CC1)C[C@@H]2C(=O)NCC1(c2ccccc2)CCOCC1. The molecule has 4 heteroatoms. The van der Waals surface area contributed by atoms with Crippen molar-refractivity contribution in [2.24, 2.45) is 11.3 Å². The predicted molar refractivity (Wildman–Crippen MR) is 137 cm³/mol. The Morgan fingerprint density at radius 3 is 2.32 bits per heavy atom. The monoisotopic (exact) mass is 458 g/mol. The van der Waals surface area contributed by atoms with Crippen LogP contribution in [0.4, 0.5) is 0 Å². The minimum Gasteiger partial charge on any atom is -0.381 e. The number of carbonyl (C=O) groups is 1. The summed E-state index contributed by atoms with van der Waals surface area (Å²) >= 11 is 0. The van der Waals surface area contributed by atoms with Gasteiger partial charge >= 0.3 is 0 Å². The number of amides is 1. The number of hydrogen-bond donors (Lipinski definition) is 1. The van der Waals surface area contributed by atoms with Crippen molar-refractivity contribution in [1.29, 1.82) is 0 Å². The molecule has 1 spiro atoms. The number of ether oxygens (including phenoxy) is 1. The van der Waals surface area contributed by atoms with Crippen molar-refractivity contribution in [1.82, 2.24) is 10.2 Å². The maximum atomic E-state index is 13.2. The molecule has 5 rings (SSSR count). The van der Waals surface area contributed by atoms with Gasteiger partial charge in [-0.1, -0.05) is 72.3 Å². The number of hydrogen-bond acceptors (Lipinski definition) is 3. The van der Waals surface area contributed by atoms with Crippen molar-refractivity contribution in [3.8, 4) is 0 Å². The molecular formula is C30H38N2O2. The van der Waals surface area contributed by atoms with E-state index in [0.717, 1.165) is 71.5 Å². The third-order valence-corrected chi connectivity index (χ3v) is 8.48. The number of piperidine rings is 1. The topological polar surface area (TPSA) is 41.6 Å². The number of rotatable bonds is 7. The van der Waals surface area contributed by atoms with Gasteiger partial charge in [-0.2, -0.15) is 0 Å². The highest BCUT2D eigenvalue weighted by atomic mass is 16.5. The Hall–Kier alpha value is -2.43. The Kier molecular flexibility index (Phi) is 6.89. The zero-order chi connectivity index (χ0) is 23.4. The molecule has 1 N–H and O–H groups in total. The lowest BCUT2D eigenvalue weighted by Gasteiger charge is -2.38. The van der Waals surface area contributed by atoms with Crippen LogP contribution < -0.4 is 5.32 Å². The standard InChI is InChI=1S/C30H38N2O2/c1-24(20-25-8-4-2-5-9-25)22-32-16-12-29(13-17-32)21-27(29)28(33)31-23-30(14-18-34-19-15-30)26-10-6-3-7-11-26/h2-11,20,27H,12-19,21-23H2,1H3,(H,31,33)/b24-20+/t27-/m1/s1. The Labute approximate surface area is 204 Å². The van der Waals surface area contributed by atoms with E-state index in [4.69, 9.17) is 4.74 Å². The van der Waals surface area contributed by atoms with Gasteiger partial charge in [-0.25, -0.2) is 0 Å². The number of benzene rings is 2. The van der Waals surface area contributed by atoms with Crippen LogP contribution >= 0.6 is 0 Å². The molecule has 180 valence electrons. The maximum absolute atomic E-state index is 13.2. The van der Waals surface area contributed by atoms with E-state index < -0.39 is 0 Å². The second-order valence-corrected chi connectivity index (χ2v) is 10.8. The number of nitrogens with zero attached hydrogens (tertiary/aromatic N) is 1. The molecule has 3 aliphatic rings. The molecule has 0 aromatic heterocycles. The van der Waals surface area contributed by atoms with Crippen molar-refractivity contribution in [3.63, 3.8) is 0 Å². The fourth-order valence-electron chi connectivity index (χ4n) is 6.16. The molecule has 2 heterocycles. The first kappa shape index (κ1) is 23.3. The molecule has 4 nitrogen and oxygen atoms in total. The first-order valence-corrected chi connectivity index (χ1v) is 12.9. The Morgan fingerprint density at radius 2 is 1.65 bits per heavy atom. The normalized spacial score (nSPS) is 24.0. The summed E-state index contributed by atoms with van der Waals surface area (Å²) in [5.41, 5.74) is 4.24. The van der Waals surface area contributed by atoms with Crippen LogP contribution in [0, 0.1) is 11.3 Å². The van der Waals surface area contributed by atoms with Gasteiger partial charge in [0.2, 0.25) is 5.91 Å². The summed E-state index contributed by atoms with van der Waals surface area (Å²) in [6, 6.07) is 21.2. The largest absolute Gasteiger partial charge is 0.381 e. The van der Waals surface area contributed by atoms with Gasteiger partial charge in [0.15, 0.2) is 0 Å². The lowest BCUT2D eigenvalue weighted by atomic mass is 9.74. The molecular weight excluding hydrogens is 420 g/mol. The second kappa shape index (κ2) is 10.1. The van der Waals surface area contributed by atoms with Crippen LogP contribution in [-0.2, 0) is 14.9 Å². The smallest absolute Gasteiger partial charge is 0.223 e. The molecule has 34 heavy (non-hydrogen) atoms. The third kappa shape index (κ3) is 5.13. The highest BCUT2D eigenvalue weighted by molar-refractivity contribution is 5.82. The molecule has 2 aromatic rings. The van der Waals surface area contributed by atoms with E-state index in [1.54, 1.807) is 0 Å². The summed E-state index contributed by atoms with van der Waals surface area (Å²) in [5.74, 6) is 0.471.